The second-order valence-corrected chi connectivity index (χ2v) is 5.41. The standard InChI is InChI=1S/C16H24F2N4O.HI/c1-5-8-19-16(20-10-15(23)22(3)4)21-11(2)13-7-6-12(17)9-14(13)18;/h6-7,9,11H,5,8,10H2,1-4H3,(H2,19,20,21);1H. The number of likely N-dealkylation sites (N-methyl/N-ethyl adjacent to an activating group) is 1. The first-order valence-electron chi connectivity index (χ1n) is 7.55. The van der Waals surface area contributed by atoms with Crippen LogP contribution in [0.5, 0.6) is 0 Å². The maximum Gasteiger partial charge on any atom is 0.243 e. The predicted octanol–water partition coefficient (Wildman–Crippen LogP) is 2.68. The minimum atomic E-state index is -0.621. The summed E-state index contributed by atoms with van der Waals surface area (Å²) < 4.78 is 26.8. The summed E-state index contributed by atoms with van der Waals surface area (Å²) in [4.78, 5) is 17.3. The van der Waals surface area contributed by atoms with Gasteiger partial charge in [0.05, 0.1) is 6.04 Å². The Balaban J connectivity index is 0.00000529. The molecule has 1 aromatic carbocycles. The molecule has 5 nitrogen and oxygen atoms in total. The third-order valence-electron chi connectivity index (χ3n) is 3.20. The van der Waals surface area contributed by atoms with Gasteiger partial charge in [-0.1, -0.05) is 13.0 Å². The highest BCUT2D eigenvalue weighted by atomic mass is 127. The Bertz CT molecular complexity index is 567. The normalized spacial score (nSPS) is 12.2. The lowest BCUT2D eigenvalue weighted by Gasteiger charge is -2.19. The van der Waals surface area contributed by atoms with Crippen molar-refractivity contribution in [3.63, 3.8) is 0 Å². The van der Waals surface area contributed by atoms with Crippen LogP contribution in [0.1, 0.15) is 31.9 Å². The lowest BCUT2D eigenvalue weighted by molar-refractivity contribution is -0.127. The molecule has 1 unspecified atom stereocenters. The first kappa shape index (κ1) is 22.6. The Morgan fingerprint density at radius 2 is 2.00 bits per heavy atom. The lowest BCUT2D eigenvalue weighted by Crippen LogP contribution is -2.40. The van der Waals surface area contributed by atoms with Crippen LogP contribution in [0.2, 0.25) is 0 Å². The number of amides is 1. The van der Waals surface area contributed by atoms with E-state index in [0.717, 1.165) is 12.5 Å². The van der Waals surface area contributed by atoms with Gasteiger partial charge < -0.3 is 15.5 Å². The predicted molar refractivity (Wildman–Crippen MR) is 103 cm³/mol. The zero-order chi connectivity index (χ0) is 17.4. The number of nitrogens with zero attached hydrogens (tertiary/aromatic N) is 2. The van der Waals surface area contributed by atoms with Gasteiger partial charge in [-0.2, -0.15) is 0 Å². The molecule has 1 atom stereocenters. The van der Waals surface area contributed by atoms with Gasteiger partial charge >= 0.3 is 0 Å². The summed E-state index contributed by atoms with van der Waals surface area (Å²) in [7, 11) is 3.31. The average Bonchev–Trinajstić information content (AvgIpc) is 2.49. The summed E-state index contributed by atoms with van der Waals surface area (Å²) >= 11 is 0. The lowest BCUT2D eigenvalue weighted by atomic mass is 10.1. The van der Waals surface area contributed by atoms with E-state index in [1.165, 1.54) is 17.0 Å². The summed E-state index contributed by atoms with van der Waals surface area (Å²) in [6.07, 6.45) is 0.877. The monoisotopic (exact) mass is 454 g/mol. The van der Waals surface area contributed by atoms with Crippen molar-refractivity contribution in [2.24, 2.45) is 4.99 Å². The topological polar surface area (TPSA) is 56.7 Å². The summed E-state index contributed by atoms with van der Waals surface area (Å²) in [5, 5.41) is 6.10. The van der Waals surface area contributed by atoms with E-state index in [4.69, 9.17) is 0 Å². The Labute approximate surface area is 158 Å². The van der Waals surface area contributed by atoms with Crippen LogP contribution < -0.4 is 10.6 Å². The van der Waals surface area contributed by atoms with Crippen LogP contribution in [0.3, 0.4) is 0 Å². The fourth-order valence-corrected chi connectivity index (χ4v) is 1.82. The number of benzene rings is 1. The number of carbonyl (C=O) groups excluding carboxylic acids is 1. The molecule has 0 saturated carbocycles. The van der Waals surface area contributed by atoms with Crippen LogP contribution in [-0.4, -0.2) is 44.0 Å². The van der Waals surface area contributed by atoms with Gasteiger partial charge in [-0.15, -0.1) is 24.0 Å². The zero-order valence-electron chi connectivity index (χ0n) is 14.4. The summed E-state index contributed by atoms with van der Waals surface area (Å²) in [6.45, 7) is 4.40. The van der Waals surface area contributed by atoms with Crippen molar-refractivity contribution in [1.82, 2.24) is 15.5 Å². The highest BCUT2D eigenvalue weighted by Gasteiger charge is 2.13. The number of guanidine groups is 1. The number of rotatable bonds is 6. The van der Waals surface area contributed by atoms with E-state index >= 15 is 0 Å². The van der Waals surface area contributed by atoms with Gasteiger partial charge in [0.2, 0.25) is 5.91 Å². The van der Waals surface area contributed by atoms with Gasteiger partial charge in [0.15, 0.2) is 5.96 Å². The van der Waals surface area contributed by atoms with Gasteiger partial charge in [0.25, 0.3) is 0 Å². The quantitative estimate of drug-likeness (QED) is 0.395. The number of halogens is 3. The fourth-order valence-electron chi connectivity index (χ4n) is 1.82. The highest BCUT2D eigenvalue weighted by Crippen LogP contribution is 2.17. The molecule has 0 saturated heterocycles. The summed E-state index contributed by atoms with van der Waals surface area (Å²) in [5.41, 5.74) is 0.330. The van der Waals surface area contributed by atoms with Crippen LogP contribution in [0, 0.1) is 11.6 Å². The molecule has 0 bridgehead atoms. The molecule has 0 radical (unpaired) electrons. The molecule has 0 aliphatic rings. The van der Waals surface area contributed by atoms with E-state index in [2.05, 4.69) is 15.6 Å². The average molecular weight is 454 g/mol. The molecule has 24 heavy (non-hydrogen) atoms. The molecule has 0 heterocycles. The minimum Gasteiger partial charge on any atom is -0.356 e. The molecule has 0 aliphatic heterocycles. The summed E-state index contributed by atoms with van der Waals surface area (Å²) in [6, 6.07) is 3.03. The van der Waals surface area contributed by atoms with Crippen LogP contribution in [0.15, 0.2) is 23.2 Å². The number of nitrogens with one attached hydrogen (secondary N) is 2. The first-order valence-corrected chi connectivity index (χ1v) is 7.55. The van der Waals surface area contributed by atoms with Crippen molar-refractivity contribution in [1.29, 1.82) is 0 Å². The maximum atomic E-state index is 13.8. The SMILES string of the molecule is CCCNC(=NCC(=O)N(C)C)NC(C)c1ccc(F)cc1F.I. The van der Waals surface area contributed by atoms with Gasteiger partial charge in [-0.05, 0) is 19.4 Å². The second-order valence-electron chi connectivity index (χ2n) is 5.41. The molecule has 136 valence electrons. The first-order chi connectivity index (χ1) is 10.8. The molecule has 0 aromatic heterocycles. The molecule has 8 heteroatoms. The van der Waals surface area contributed by atoms with Crippen LogP contribution >= 0.6 is 24.0 Å². The van der Waals surface area contributed by atoms with Gasteiger partial charge in [0, 0.05) is 32.3 Å². The molecular weight excluding hydrogens is 429 g/mol. The largest absolute Gasteiger partial charge is 0.356 e. The van der Waals surface area contributed by atoms with E-state index in [1.807, 2.05) is 6.92 Å². The van der Waals surface area contributed by atoms with Crippen LogP contribution in [0.25, 0.3) is 0 Å². The van der Waals surface area contributed by atoms with E-state index < -0.39 is 17.7 Å². The fraction of sp³-hybridized carbons (Fsp3) is 0.500. The summed E-state index contributed by atoms with van der Waals surface area (Å²) in [5.74, 6) is -0.960. The number of carbonyl (C=O) groups is 1. The van der Waals surface area contributed by atoms with Crippen molar-refractivity contribution in [3.8, 4) is 0 Å². The van der Waals surface area contributed by atoms with Crippen molar-refractivity contribution in [2.45, 2.75) is 26.3 Å². The molecule has 1 aromatic rings. The highest BCUT2D eigenvalue weighted by molar-refractivity contribution is 14.0. The second kappa shape index (κ2) is 11.2. The Morgan fingerprint density at radius 3 is 2.54 bits per heavy atom. The Kier molecular flexibility index (Phi) is 10.5. The van der Waals surface area contributed by atoms with Gasteiger partial charge in [-0.3, -0.25) is 4.79 Å². The van der Waals surface area contributed by atoms with Crippen molar-refractivity contribution >= 4 is 35.8 Å². The van der Waals surface area contributed by atoms with Crippen molar-refractivity contribution < 1.29 is 13.6 Å². The van der Waals surface area contributed by atoms with Crippen LogP contribution in [-0.2, 0) is 4.79 Å². The smallest absolute Gasteiger partial charge is 0.243 e. The maximum absolute atomic E-state index is 13.8. The molecule has 1 amide bonds. The van der Waals surface area contributed by atoms with E-state index in [-0.39, 0.29) is 36.4 Å². The molecule has 1 rings (SSSR count). The van der Waals surface area contributed by atoms with E-state index in [9.17, 15) is 13.6 Å². The van der Waals surface area contributed by atoms with Gasteiger partial charge in [-0.25, -0.2) is 13.8 Å². The molecule has 2 N–H and O–H groups in total. The molecule has 0 spiro atoms. The van der Waals surface area contributed by atoms with E-state index in [1.54, 1.807) is 21.0 Å². The molecule has 0 aliphatic carbocycles. The number of aliphatic imine (C=N–C) groups is 1. The number of hydrogen-bond acceptors (Lipinski definition) is 2. The van der Waals surface area contributed by atoms with Gasteiger partial charge in [0.1, 0.15) is 18.2 Å². The third kappa shape index (κ3) is 7.41. The minimum absolute atomic E-state index is 0. The number of hydrogen-bond donors (Lipinski definition) is 2. The van der Waals surface area contributed by atoms with Crippen molar-refractivity contribution in [3.05, 3.63) is 35.4 Å². The Morgan fingerprint density at radius 1 is 1.33 bits per heavy atom. The van der Waals surface area contributed by atoms with E-state index in [0.29, 0.717) is 18.1 Å². The van der Waals surface area contributed by atoms with Crippen molar-refractivity contribution in [2.75, 3.05) is 27.2 Å². The zero-order valence-corrected chi connectivity index (χ0v) is 16.7. The molecular formula is C16H25F2IN4O. The Hall–Kier alpha value is -1.45. The molecule has 0 fully saturated rings. The van der Waals surface area contributed by atoms with Crippen LogP contribution in [0.4, 0.5) is 8.78 Å². The third-order valence-corrected chi connectivity index (χ3v) is 3.20.